The molecule has 0 radical (unpaired) electrons. The van der Waals surface area contributed by atoms with Gasteiger partial charge in [0.2, 0.25) is 0 Å². The minimum absolute atomic E-state index is 0.0700. The summed E-state index contributed by atoms with van der Waals surface area (Å²) in [5.74, 6) is 0.343. The molecule has 0 spiro atoms. The summed E-state index contributed by atoms with van der Waals surface area (Å²) in [6.45, 7) is 0.544. The second-order valence-electron chi connectivity index (χ2n) is 7.96. The summed E-state index contributed by atoms with van der Waals surface area (Å²) in [7, 11) is 0. The van der Waals surface area contributed by atoms with Crippen molar-refractivity contribution in [1.82, 2.24) is 10.5 Å². The van der Waals surface area contributed by atoms with Crippen LogP contribution in [0.1, 0.15) is 16.1 Å². The summed E-state index contributed by atoms with van der Waals surface area (Å²) in [6.07, 6.45) is -0.130. The number of hydrogen-bond donors (Lipinski definition) is 1. The van der Waals surface area contributed by atoms with Crippen molar-refractivity contribution in [2.45, 2.75) is 12.5 Å². The van der Waals surface area contributed by atoms with Gasteiger partial charge < -0.3 is 14.6 Å². The van der Waals surface area contributed by atoms with Gasteiger partial charge in [-0.3, -0.25) is 14.5 Å². The van der Waals surface area contributed by atoms with Crippen molar-refractivity contribution in [3.63, 3.8) is 0 Å². The molecule has 170 valence electrons. The average Bonchev–Trinajstić information content (AvgIpc) is 3.39. The third-order valence-corrected chi connectivity index (χ3v) is 5.65. The number of anilines is 1. The molecule has 1 aliphatic heterocycles. The highest BCUT2D eigenvalue weighted by molar-refractivity contribution is 6.07. The zero-order valence-electron chi connectivity index (χ0n) is 18.4. The fraction of sp³-hybridized carbons (Fsp3) is 0.148. The number of benzene rings is 3. The number of carbonyl (C=O) groups excluding carboxylic acids is 2. The van der Waals surface area contributed by atoms with E-state index in [4.69, 9.17) is 9.26 Å². The SMILES string of the molecule is O=C(NCCc1ccccc1)C1CN(C(=O)c2cc(-c3ccccc3)on2)c2ccccc2O1. The first kappa shape index (κ1) is 21.5. The molecular formula is C27H23N3O4. The summed E-state index contributed by atoms with van der Waals surface area (Å²) in [5.41, 5.74) is 2.71. The highest BCUT2D eigenvalue weighted by Gasteiger charge is 2.35. The van der Waals surface area contributed by atoms with E-state index in [1.807, 2.05) is 66.7 Å². The first-order valence-corrected chi connectivity index (χ1v) is 11.1. The number of nitrogens with zero attached hydrogens (tertiary/aromatic N) is 2. The predicted molar refractivity (Wildman–Crippen MR) is 128 cm³/mol. The Morgan fingerprint density at radius 2 is 1.65 bits per heavy atom. The van der Waals surface area contributed by atoms with Crippen molar-refractivity contribution in [2.75, 3.05) is 18.0 Å². The number of nitrogens with one attached hydrogen (secondary N) is 1. The normalized spacial score (nSPS) is 14.7. The molecule has 1 unspecified atom stereocenters. The number of amides is 2. The molecule has 2 amide bonds. The molecule has 1 aromatic heterocycles. The maximum atomic E-state index is 13.4. The predicted octanol–water partition coefficient (Wildman–Crippen LogP) is 4.11. The van der Waals surface area contributed by atoms with Gasteiger partial charge in [0.05, 0.1) is 12.2 Å². The Balaban J connectivity index is 1.32. The molecule has 4 aromatic rings. The largest absolute Gasteiger partial charge is 0.477 e. The molecule has 3 aromatic carbocycles. The van der Waals surface area contributed by atoms with E-state index in [9.17, 15) is 9.59 Å². The monoisotopic (exact) mass is 453 g/mol. The van der Waals surface area contributed by atoms with Crippen molar-refractivity contribution >= 4 is 17.5 Å². The minimum atomic E-state index is -0.838. The van der Waals surface area contributed by atoms with Crippen LogP contribution in [-0.2, 0) is 11.2 Å². The Morgan fingerprint density at radius 1 is 0.941 bits per heavy atom. The molecule has 2 heterocycles. The van der Waals surface area contributed by atoms with Gasteiger partial charge in [0, 0.05) is 18.2 Å². The summed E-state index contributed by atoms with van der Waals surface area (Å²) < 4.78 is 11.3. The van der Waals surface area contributed by atoms with Gasteiger partial charge in [-0.15, -0.1) is 0 Å². The first-order chi connectivity index (χ1) is 16.7. The molecule has 0 fully saturated rings. The third kappa shape index (κ3) is 4.54. The van der Waals surface area contributed by atoms with Gasteiger partial charge in [0.15, 0.2) is 17.6 Å². The molecule has 5 rings (SSSR count). The Hall–Kier alpha value is -4.39. The van der Waals surface area contributed by atoms with Crippen LogP contribution in [0.5, 0.6) is 5.75 Å². The van der Waals surface area contributed by atoms with Crippen molar-refractivity contribution in [3.05, 3.63) is 102 Å². The number of carbonyl (C=O) groups is 2. The molecule has 0 saturated carbocycles. The van der Waals surface area contributed by atoms with Gasteiger partial charge in [0.1, 0.15) is 5.75 Å². The topological polar surface area (TPSA) is 84.7 Å². The Labute approximate surface area is 196 Å². The van der Waals surface area contributed by atoms with Crippen LogP contribution in [0.3, 0.4) is 0 Å². The molecule has 0 bridgehead atoms. The van der Waals surface area contributed by atoms with Gasteiger partial charge in [-0.25, -0.2) is 0 Å². The lowest BCUT2D eigenvalue weighted by molar-refractivity contribution is -0.127. The Kier molecular flexibility index (Phi) is 6.07. The molecule has 34 heavy (non-hydrogen) atoms. The van der Waals surface area contributed by atoms with Crippen molar-refractivity contribution in [1.29, 1.82) is 0 Å². The average molecular weight is 453 g/mol. The highest BCUT2D eigenvalue weighted by atomic mass is 16.5. The van der Waals surface area contributed by atoms with Gasteiger partial charge in [-0.05, 0) is 24.1 Å². The van der Waals surface area contributed by atoms with Gasteiger partial charge in [-0.2, -0.15) is 0 Å². The minimum Gasteiger partial charge on any atom is -0.477 e. The Bertz CT molecular complexity index is 1290. The fourth-order valence-electron chi connectivity index (χ4n) is 3.90. The van der Waals surface area contributed by atoms with Crippen LogP contribution in [0, 0.1) is 0 Å². The van der Waals surface area contributed by atoms with Crippen LogP contribution >= 0.6 is 0 Å². The molecular weight excluding hydrogens is 430 g/mol. The smallest absolute Gasteiger partial charge is 0.280 e. The van der Waals surface area contributed by atoms with E-state index < -0.39 is 6.10 Å². The maximum absolute atomic E-state index is 13.4. The van der Waals surface area contributed by atoms with Crippen LogP contribution in [-0.4, -0.2) is 36.2 Å². The molecule has 0 aliphatic carbocycles. The number of rotatable bonds is 6. The Morgan fingerprint density at radius 3 is 2.44 bits per heavy atom. The van der Waals surface area contributed by atoms with Gasteiger partial charge in [0.25, 0.3) is 11.8 Å². The molecule has 0 saturated heterocycles. The zero-order valence-corrected chi connectivity index (χ0v) is 18.4. The number of hydrogen-bond acceptors (Lipinski definition) is 5. The van der Waals surface area contributed by atoms with Crippen LogP contribution in [0.15, 0.2) is 95.5 Å². The summed E-state index contributed by atoms with van der Waals surface area (Å²) in [6, 6.07) is 28.1. The van der Waals surface area contributed by atoms with E-state index in [1.165, 1.54) is 4.90 Å². The van der Waals surface area contributed by atoms with Crippen molar-refractivity contribution < 1.29 is 18.8 Å². The van der Waals surface area contributed by atoms with Crippen LogP contribution < -0.4 is 15.0 Å². The summed E-state index contributed by atoms with van der Waals surface area (Å²) >= 11 is 0. The number of aromatic nitrogens is 1. The molecule has 1 atom stereocenters. The lowest BCUT2D eigenvalue weighted by atomic mass is 10.1. The second-order valence-corrected chi connectivity index (χ2v) is 7.96. The van der Waals surface area contributed by atoms with Crippen LogP contribution in [0.4, 0.5) is 5.69 Å². The summed E-state index contributed by atoms with van der Waals surface area (Å²) in [4.78, 5) is 27.8. The first-order valence-electron chi connectivity index (χ1n) is 11.1. The van der Waals surface area contributed by atoms with E-state index >= 15 is 0 Å². The molecule has 7 nitrogen and oxygen atoms in total. The quantitative estimate of drug-likeness (QED) is 0.475. The third-order valence-electron chi connectivity index (χ3n) is 5.65. The van der Waals surface area contributed by atoms with Crippen molar-refractivity contribution in [3.8, 4) is 17.1 Å². The summed E-state index contributed by atoms with van der Waals surface area (Å²) in [5, 5.41) is 6.91. The lowest BCUT2D eigenvalue weighted by Gasteiger charge is -2.33. The number of fused-ring (bicyclic) bond motifs is 1. The van der Waals surface area contributed by atoms with E-state index in [-0.39, 0.29) is 24.1 Å². The lowest BCUT2D eigenvalue weighted by Crippen LogP contribution is -2.51. The van der Waals surface area contributed by atoms with E-state index in [0.717, 1.165) is 11.1 Å². The number of ether oxygens (including phenoxy) is 1. The molecule has 1 aliphatic rings. The number of para-hydroxylation sites is 2. The van der Waals surface area contributed by atoms with Gasteiger partial charge in [-0.1, -0.05) is 78.0 Å². The van der Waals surface area contributed by atoms with Crippen LogP contribution in [0.2, 0.25) is 0 Å². The maximum Gasteiger partial charge on any atom is 0.280 e. The zero-order chi connectivity index (χ0) is 23.3. The van der Waals surface area contributed by atoms with Crippen LogP contribution in [0.25, 0.3) is 11.3 Å². The second kappa shape index (κ2) is 9.62. The standard InChI is InChI=1S/C27H23N3O4/c31-26(28-16-15-19-9-3-1-4-10-19)25-18-30(22-13-7-8-14-23(22)33-25)27(32)21-17-24(34-29-21)20-11-5-2-6-12-20/h1-14,17,25H,15-16,18H2,(H,28,31). The van der Waals surface area contributed by atoms with E-state index in [0.29, 0.717) is 30.2 Å². The van der Waals surface area contributed by atoms with E-state index in [2.05, 4.69) is 10.5 Å². The van der Waals surface area contributed by atoms with E-state index in [1.54, 1.807) is 24.3 Å². The van der Waals surface area contributed by atoms with Crippen molar-refractivity contribution in [2.24, 2.45) is 0 Å². The fourth-order valence-corrected chi connectivity index (χ4v) is 3.90. The molecule has 1 N–H and O–H groups in total. The molecule has 7 heteroatoms. The van der Waals surface area contributed by atoms with Gasteiger partial charge >= 0.3 is 0 Å². The highest BCUT2D eigenvalue weighted by Crippen LogP contribution is 2.34.